The molecule has 0 heterocycles. The molecule has 4 heteroatoms. The van der Waals surface area contributed by atoms with E-state index in [2.05, 4.69) is 0 Å². The van der Waals surface area contributed by atoms with Crippen molar-refractivity contribution in [2.24, 2.45) is 0 Å². The lowest BCUT2D eigenvalue weighted by atomic mass is 10.1. The van der Waals surface area contributed by atoms with Gasteiger partial charge in [-0.05, 0) is 44.0 Å². The third kappa shape index (κ3) is 2.96. The predicted octanol–water partition coefficient (Wildman–Crippen LogP) is 3.38. The first kappa shape index (κ1) is 13.6. The summed E-state index contributed by atoms with van der Waals surface area (Å²) in [6, 6.07) is 12.0. The molecule has 0 radical (unpaired) electrons. The van der Waals surface area contributed by atoms with E-state index in [1.165, 1.54) is 12.1 Å². The van der Waals surface area contributed by atoms with Crippen molar-refractivity contribution < 1.29 is 12.6 Å². The highest BCUT2D eigenvalue weighted by molar-refractivity contribution is 7.87. The van der Waals surface area contributed by atoms with Gasteiger partial charge in [-0.1, -0.05) is 35.9 Å². The van der Waals surface area contributed by atoms with Gasteiger partial charge >= 0.3 is 10.1 Å². The molecule has 0 aliphatic carbocycles. The number of hydrogen-bond acceptors (Lipinski definition) is 3. The van der Waals surface area contributed by atoms with Gasteiger partial charge in [0.15, 0.2) is 0 Å². The Hall–Kier alpha value is -1.81. The second-order valence-electron chi connectivity index (χ2n) is 4.58. The molecule has 0 spiro atoms. The molecule has 0 aliphatic rings. The largest absolute Gasteiger partial charge is 0.378 e. The lowest BCUT2D eigenvalue weighted by Gasteiger charge is -2.12. The van der Waals surface area contributed by atoms with Crippen LogP contribution in [0.15, 0.2) is 47.4 Å². The van der Waals surface area contributed by atoms with Crippen LogP contribution in [0, 0.1) is 20.8 Å². The molecule has 0 atom stereocenters. The maximum absolute atomic E-state index is 12.2. The first-order valence-electron chi connectivity index (χ1n) is 5.97. The van der Waals surface area contributed by atoms with Crippen molar-refractivity contribution in [3.63, 3.8) is 0 Å². The van der Waals surface area contributed by atoms with Crippen molar-refractivity contribution in [3.8, 4) is 5.75 Å². The Morgan fingerprint density at radius 1 is 0.895 bits per heavy atom. The third-order valence-corrected chi connectivity index (χ3v) is 4.07. The smallest absolute Gasteiger partial charge is 0.339 e. The maximum Gasteiger partial charge on any atom is 0.339 e. The van der Waals surface area contributed by atoms with E-state index in [9.17, 15) is 8.42 Å². The van der Waals surface area contributed by atoms with E-state index >= 15 is 0 Å². The van der Waals surface area contributed by atoms with Crippen LogP contribution < -0.4 is 4.18 Å². The van der Waals surface area contributed by atoms with Gasteiger partial charge in [-0.15, -0.1) is 0 Å². The number of benzene rings is 2. The van der Waals surface area contributed by atoms with Crippen LogP contribution >= 0.6 is 0 Å². The van der Waals surface area contributed by atoms with Gasteiger partial charge < -0.3 is 4.18 Å². The van der Waals surface area contributed by atoms with Crippen LogP contribution in [0.4, 0.5) is 0 Å². The SMILES string of the molecule is Cc1cc(C)c(OS(=O)(=O)c2ccccc2)c(C)c1. The van der Waals surface area contributed by atoms with Gasteiger partial charge in [-0.25, -0.2) is 0 Å². The van der Waals surface area contributed by atoms with Crippen LogP contribution in [-0.2, 0) is 10.1 Å². The summed E-state index contributed by atoms with van der Waals surface area (Å²) >= 11 is 0. The van der Waals surface area contributed by atoms with Crippen LogP contribution in [0.2, 0.25) is 0 Å². The van der Waals surface area contributed by atoms with Crippen molar-refractivity contribution >= 4 is 10.1 Å². The van der Waals surface area contributed by atoms with Crippen molar-refractivity contribution in [2.45, 2.75) is 25.7 Å². The molecule has 0 saturated carbocycles. The van der Waals surface area contributed by atoms with Crippen molar-refractivity contribution in [2.75, 3.05) is 0 Å². The molecule has 0 aromatic heterocycles. The minimum Gasteiger partial charge on any atom is -0.378 e. The Kier molecular flexibility index (Phi) is 3.62. The molecule has 0 aliphatic heterocycles. The zero-order valence-electron chi connectivity index (χ0n) is 11.2. The van der Waals surface area contributed by atoms with Crippen molar-refractivity contribution in [3.05, 3.63) is 59.2 Å². The quantitative estimate of drug-likeness (QED) is 0.807. The van der Waals surface area contributed by atoms with Gasteiger partial charge in [-0.2, -0.15) is 8.42 Å². The molecular weight excluding hydrogens is 260 g/mol. The van der Waals surface area contributed by atoms with E-state index in [-0.39, 0.29) is 4.90 Å². The van der Waals surface area contributed by atoms with Crippen molar-refractivity contribution in [1.29, 1.82) is 0 Å². The normalized spacial score (nSPS) is 11.3. The lowest BCUT2D eigenvalue weighted by Crippen LogP contribution is -2.11. The monoisotopic (exact) mass is 276 g/mol. The Morgan fingerprint density at radius 2 is 1.42 bits per heavy atom. The van der Waals surface area contributed by atoms with E-state index in [1.54, 1.807) is 18.2 Å². The second kappa shape index (κ2) is 5.05. The van der Waals surface area contributed by atoms with Crippen LogP contribution in [-0.4, -0.2) is 8.42 Å². The number of rotatable bonds is 3. The van der Waals surface area contributed by atoms with E-state index in [0.29, 0.717) is 5.75 Å². The highest BCUT2D eigenvalue weighted by Crippen LogP contribution is 2.27. The molecule has 2 aromatic rings. The van der Waals surface area contributed by atoms with Crippen LogP contribution in [0.5, 0.6) is 5.75 Å². The zero-order chi connectivity index (χ0) is 14.0. The highest BCUT2D eigenvalue weighted by atomic mass is 32.2. The average Bonchev–Trinajstić information content (AvgIpc) is 2.35. The van der Waals surface area contributed by atoms with Crippen LogP contribution in [0.3, 0.4) is 0 Å². The Morgan fingerprint density at radius 3 is 1.95 bits per heavy atom. The molecule has 100 valence electrons. The summed E-state index contributed by atoms with van der Waals surface area (Å²) < 4.78 is 29.6. The Balaban J connectivity index is 2.42. The van der Waals surface area contributed by atoms with E-state index < -0.39 is 10.1 Å². The predicted molar refractivity (Wildman–Crippen MR) is 74.9 cm³/mol. The van der Waals surface area contributed by atoms with E-state index in [1.807, 2.05) is 32.9 Å². The molecule has 0 bridgehead atoms. The summed E-state index contributed by atoms with van der Waals surface area (Å²) in [6.45, 7) is 5.65. The van der Waals surface area contributed by atoms with E-state index in [0.717, 1.165) is 16.7 Å². The second-order valence-corrected chi connectivity index (χ2v) is 6.12. The molecule has 0 unspecified atom stereocenters. The fourth-order valence-corrected chi connectivity index (χ4v) is 3.11. The zero-order valence-corrected chi connectivity index (χ0v) is 12.0. The third-order valence-electron chi connectivity index (χ3n) is 2.83. The van der Waals surface area contributed by atoms with Crippen molar-refractivity contribution in [1.82, 2.24) is 0 Å². The van der Waals surface area contributed by atoms with Gasteiger partial charge in [-0.3, -0.25) is 0 Å². The molecule has 0 amide bonds. The summed E-state index contributed by atoms with van der Waals surface area (Å²) in [6.07, 6.45) is 0. The summed E-state index contributed by atoms with van der Waals surface area (Å²) in [4.78, 5) is 0.161. The first-order valence-corrected chi connectivity index (χ1v) is 7.38. The molecule has 3 nitrogen and oxygen atoms in total. The first-order chi connectivity index (χ1) is 8.90. The molecular formula is C15H16O3S. The molecule has 0 saturated heterocycles. The molecule has 2 rings (SSSR count). The molecule has 2 aromatic carbocycles. The minimum absolute atomic E-state index is 0.161. The molecule has 0 fully saturated rings. The summed E-state index contributed by atoms with van der Waals surface area (Å²) in [7, 11) is -3.77. The topological polar surface area (TPSA) is 43.4 Å². The minimum atomic E-state index is -3.77. The summed E-state index contributed by atoms with van der Waals surface area (Å²) in [5.74, 6) is 0.412. The lowest BCUT2D eigenvalue weighted by molar-refractivity contribution is 0.482. The fourth-order valence-electron chi connectivity index (χ4n) is 2.04. The highest BCUT2D eigenvalue weighted by Gasteiger charge is 2.18. The molecule has 0 N–H and O–H groups in total. The van der Waals surface area contributed by atoms with Gasteiger partial charge in [0.25, 0.3) is 0 Å². The molecule has 19 heavy (non-hydrogen) atoms. The van der Waals surface area contributed by atoms with Gasteiger partial charge in [0.2, 0.25) is 0 Å². The fraction of sp³-hybridized carbons (Fsp3) is 0.200. The Bertz CT molecular complexity index is 666. The number of hydrogen-bond donors (Lipinski definition) is 0. The Labute approximate surface area is 114 Å². The van der Waals surface area contributed by atoms with Crippen LogP contribution in [0.1, 0.15) is 16.7 Å². The van der Waals surface area contributed by atoms with Crippen LogP contribution in [0.25, 0.3) is 0 Å². The van der Waals surface area contributed by atoms with Gasteiger partial charge in [0, 0.05) is 0 Å². The van der Waals surface area contributed by atoms with Gasteiger partial charge in [0.1, 0.15) is 10.6 Å². The maximum atomic E-state index is 12.2. The van der Waals surface area contributed by atoms with E-state index in [4.69, 9.17) is 4.18 Å². The average molecular weight is 276 g/mol. The summed E-state index contributed by atoms with van der Waals surface area (Å²) in [5, 5.41) is 0. The standard InChI is InChI=1S/C15H16O3S/c1-11-9-12(2)15(13(3)10-11)18-19(16,17)14-7-5-4-6-8-14/h4-10H,1-3H3. The number of aryl methyl sites for hydroxylation is 3. The summed E-state index contributed by atoms with van der Waals surface area (Å²) in [5.41, 5.74) is 2.72. The van der Waals surface area contributed by atoms with Gasteiger partial charge in [0.05, 0.1) is 0 Å².